The Morgan fingerprint density at radius 3 is 2.65 bits per heavy atom. The van der Waals surface area contributed by atoms with Gasteiger partial charge in [0.05, 0.1) is 12.0 Å². The maximum Gasteiger partial charge on any atom is 0.248 e. The van der Waals surface area contributed by atoms with Crippen LogP contribution in [0.15, 0.2) is 59.5 Å². The third-order valence-corrected chi connectivity index (χ3v) is 5.38. The normalized spacial score (nSPS) is 14.3. The minimum atomic E-state index is -3.56. The van der Waals surface area contributed by atoms with E-state index in [2.05, 4.69) is 10.0 Å². The second kappa shape index (κ2) is 7.72. The van der Waals surface area contributed by atoms with Gasteiger partial charge in [0.2, 0.25) is 15.9 Å². The number of anilines is 1. The quantitative estimate of drug-likeness (QED) is 0.732. The number of amides is 1. The molecule has 1 aliphatic rings. The van der Waals surface area contributed by atoms with Crippen molar-refractivity contribution in [1.82, 2.24) is 4.72 Å². The number of hydrogen-bond acceptors (Lipinski definition) is 4. The summed E-state index contributed by atoms with van der Waals surface area (Å²) in [6, 6.07) is 13.6. The lowest BCUT2D eigenvalue weighted by atomic mass is 10.2. The zero-order valence-electron chi connectivity index (χ0n) is 14.3. The molecule has 3 rings (SSSR count). The summed E-state index contributed by atoms with van der Waals surface area (Å²) in [6.07, 6.45) is 4.75. The van der Waals surface area contributed by atoms with Crippen molar-refractivity contribution in [3.63, 3.8) is 0 Å². The van der Waals surface area contributed by atoms with Gasteiger partial charge >= 0.3 is 0 Å². The Hall–Kier alpha value is -2.64. The van der Waals surface area contributed by atoms with E-state index in [4.69, 9.17) is 4.74 Å². The van der Waals surface area contributed by atoms with E-state index in [0.717, 1.165) is 18.4 Å². The van der Waals surface area contributed by atoms with Crippen molar-refractivity contribution in [2.45, 2.75) is 23.8 Å². The van der Waals surface area contributed by atoms with Crippen LogP contribution in [0.3, 0.4) is 0 Å². The molecule has 26 heavy (non-hydrogen) atoms. The molecule has 2 aromatic carbocycles. The molecule has 2 N–H and O–H groups in total. The fourth-order valence-corrected chi connectivity index (χ4v) is 3.73. The number of rotatable bonds is 7. The van der Waals surface area contributed by atoms with Gasteiger partial charge in [0, 0.05) is 23.4 Å². The van der Waals surface area contributed by atoms with Gasteiger partial charge in [0.25, 0.3) is 0 Å². The van der Waals surface area contributed by atoms with Crippen molar-refractivity contribution in [3.05, 3.63) is 60.2 Å². The van der Waals surface area contributed by atoms with E-state index in [-0.39, 0.29) is 16.8 Å². The third kappa shape index (κ3) is 4.71. The van der Waals surface area contributed by atoms with Crippen LogP contribution in [0.4, 0.5) is 5.69 Å². The number of carbonyl (C=O) groups is 1. The van der Waals surface area contributed by atoms with E-state index >= 15 is 0 Å². The topological polar surface area (TPSA) is 84.5 Å². The number of ether oxygens (including phenoxy) is 1. The van der Waals surface area contributed by atoms with E-state index in [1.54, 1.807) is 31.4 Å². The Bertz CT molecular complexity index is 934. The maximum absolute atomic E-state index is 12.3. The van der Waals surface area contributed by atoms with Crippen LogP contribution in [0.1, 0.15) is 18.4 Å². The monoisotopic (exact) mass is 372 g/mol. The highest BCUT2D eigenvalue weighted by Crippen LogP contribution is 2.23. The third-order valence-electron chi connectivity index (χ3n) is 3.86. The largest absolute Gasteiger partial charge is 0.496 e. The smallest absolute Gasteiger partial charge is 0.248 e. The van der Waals surface area contributed by atoms with Crippen LogP contribution in [0.25, 0.3) is 6.08 Å². The molecule has 1 saturated carbocycles. The molecule has 0 saturated heterocycles. The predicted molar refractivity (Wildman–Crippen MR) is 100 cm³/mol. The minimum absolute atomic E-state index is 0.0297. The first-order valence-electron chi connectivity index (χ1n) is 8.22. The molecule has 0 unspecified atom stereocenters. The molecule has 0 bridgehead atoms. The van der Waals surface area contributed by atoms with Crippen LogP contribution < -0.4 is 14.8 Å². The average Bonchev–Trinajstić information content (AvgIpc) is 3.44. The molecule has 0 aromatic heterocycles. The molecule has 0 spiro atoms. The molecule has 1 amide bonds. The summed E-state index contributed by atoms with van der Waals surface area (Å²) in [5, 5.41) is 2.67. The molecule has 7 heteroatoms. The molecule has 2 aromatic rings. The zero-order valence-corrected chi connectivity index (χ0v) is 15.1. The molecular formula is C19H20N2O4S. The Balaban J connectivity index is 1.69. The SMILES string of the molecule is COc1ccccc1/C=C/C(=O)Nc1cccc(S(=O)(=O)NC2CC2)c1. The Morgan fingerprint density at radius 1 is 1.15 bits per heavy atom. The lowest BCUT2D eigenvalue weighted by molar-refractivity contribution is -0.111. The zero-order chi connectivity index (χ0) is 18.6. The highest BCUT2D eigenvalue weighted by Gasteiger charge is 2.28. The van der Waals surface area contributed by atoms with Crippen molar-refractivity contribution in [2.24, 2.45) is 0 Å². The van der Waals surface area contributed by atoms with Crippen molar-refractivity contribution in [3.8, 4) is 5.75 Å². The van der Waals surface area contributed by atoms with Gasteiger partial charge in [-0.2, -0.15) is 0 Å². The summed E-state index contributed by atoms with van der Waals surface area (Å²) in [5.41, 5.74) is 1.19. The predicted octanol–water partition coefficient (Wildman–Crippen LogP) is 2.79. The average molecular weight is 372 g/mol. The van der Waals surface area contributed by atoms with Gasteiger partial charge in [-0.25, -0.2) is 13.1 Å². The van der Waals surface area contributed by atoms with Gasteiger partial charge in [0.15, 0.2) is 0 Å². The summed E-state index contributed by atoms with van der Waals surface area (Å²) < 4.78 is 32.3. The first-order valence-corrected chi connectivity index (χ1v) is 9.71. The number of hydrogen-bond donors (Lipinski definition) is 2. The lowest BCUT2D eigenvalue weighted by Crippen LogP contribution is -2.25. The fraction of sp³-hybridized carbons (Fsp3) is 0.211. The summed E-state index contributed by atoms with van der Waals surface area (Å²) in [7, 11) is -1.99. The van der Waals surface area contributed by atoms with E-state index in [0.29, 0.717) is 11.4 Å². The Morgan fingerprint density at radius 2 is 1.92 bits per heavy atom. The molecule has 0 aliphatic heterocycles. The first-order chi connectivity index (χ1) is 12.5. The van der Waals surface area contributed by atoms with Gasteiger partial charge in [-0.1, -0.05) is 24.3 Å². The van der Waals surface area contributed by atoms with Crippen LogP contribution >= 0.6 is 0 Å². The van der Waals surface area contributed by atoms with Crippen molar-refractivity contribution in [2.75, 3.05) is 12.4 Å². The number of nitrogens with one attached hydrogen (secondary N) is 2. The molecular weight excluding hydrogens is 352 g/mol. The van der Waals surface area contributed by atoms with Gasteiger partial charge in [-0.05, 0) is 43.2 Å². The van der Waals surface area contributed by atoms with Crippen molar-refractivity contribution < 1.29 is 17.9 Å². The molecule has 0 heterocycles. The number of benzene rings is 2. The second-order valence-corrected chi connectivity index (χ2v) is 7.70. The lowest BCUT2D eigenvalue weighted by Gasteiger charge is -2.08. The number of sulfonamides is 1. The standard InChI is InChI=1S/C19H20N2O4S/c1-25-18-8-3-2-5-14(18)9-12-19(22)20-16-6-4-7-17(13-16)26(23,24)21-15-10-11-15/h2-9,12-13,15,21H,10-11H2,1H3,(H,20,22)/b12-9+. The Kier molecular flexibility index (Phi) is 5.39. The van der Waals surface area contributed by atoms with Gasteiger partial charge in [0.1, 0.15) is 5.75 Å². The van der Waals surface area contributed by atoms with Crippen molar-refractivity contribution in [1.29, 1.82) is 0 Å². The summed E-state index contributed by atoms with van der Waals surface area (Å²) in [6.45, 7) is 0. The molecule has 0 atom stereocenters. The van der Waals surface area contributed by atoms with Crippen molar-refractivity contribution >= 4 is 27.7 Å². The summed E-state index contributed by atoms with van der Waals surface area (Å²) in [5.74, 6) is 0.302. The van der Waals surface area contributed by atoms with E-state index in [1.165, 1.54) is 18.2 Å². The van der Waals surface area contributed by atoms with Gasteiger partial charge in [-0.3, -0.25) is 4.79 Å². The number of methoxy groups -OCH3 is 1. The number of carbonyl (C=O) groups excluding carboxylic acids is 1. The van der Waals surface area contributed by atoms with Crippen LogP contribution in [0, 0.1) is 0 Å². The highest BCUT2D eigenvalue weighted by molar-refractivity contribution is 7.89. The fourth-order valence-electron chi connectivity index (χ4n) is 2.38. The molecule has 1 fully saturated rings. The van der Waals surface area contributed by atoms with E-state index < -0.39 is 10.0 Å². The molecule has 1 aliphatic carbocycles. The van der Waals surface area contributed by atoms with Crippen LogP contribution in [0.5, 0.6) is 5.75 Å². The van der Waals surface area contributed by atoms with Crippen LogP contribution in [-0.2, 0) is 14.8 Å². The van der Waals surface area contributed by atoms with Gasteiger partial charge < -0.3 is 10.1 Å². The van der Waals surface area contributed by atoms with E-state index in [1.807, 2.05) is 18.2 Å². The number of para-hydroxylation sites is 1. The highest BCUT2D eigenvalue weighted by atomic mass is 32.2. The van der Waals surface area contributed by atoms with Gasteiger partial charge in [-0.15, -0.1) is 0 Å². The Labute approximate surface area is 152 Å². The molecule has 136 valence electrons. The maximum atomic E-state index is 12.3. The molecule has 0 radical (unpaired) electrons. The first kappa shape index (κ1) is 18.2. The van der Waals surface area contributed by atoms with Crippen LogP contribution in [-0.4, -0.2) is 27.5 Å². The summed E-state index contributed by atoms with van der Waals surface area (Å²) >= 11 is 0. The van der Waals surface area contributed by atoms with Crippen LogP contribution in [0.2, 0.25) is 0 Å². The minimum Gasteiger partial charge on any atom is -0.496 e. The second-order valence-electron chi connectivity index (χ2n) is 5.99. The molecule has 6 nitrogen and oxygen atoms in total. The van der Waals surface area contributed by atoms with E-state index in [9.17, 15) is 13.2 Å². The summed E-state index contributed by atoms with van der Waals surface area (Å²) in [4.78, 5) is 12.3.